The van der Waals surface area contributed by atoms with Crippen LogP contribution in [-0.2, 0) is 19.4 Å². The fraction of sp³-hybridized carbons (Fsp3) is 0.227. The van der Waals surface area contributed by atoms with Gasteiger partial charge in [0.15, 0.2) is 11.6 Å². The Balaban J connectivity index is 1.72. The molecule has 0 amide bonds. The van der Waals surface area contributed by atoms with Crippen molar-refractivity contribution in [2.45, 2.75) is 19.4 Å². The molecule has 0 fully saturated rings. The molecule has 1 aliphatic rings. The number of methoxy groups -OCH3 is 1. The standard InChI is InChI=1S/C22H20FN3O/c1-27-20-11-13(6-7-16(20)23)10-18-22-21(14-4-2-3-5-17(14)26-22)15-8-9-24-12-19(15)25-18/h2-7,11,24,26H,8-10,12H2,1H3. The Bertz CT molecular complexity index is 1170. The Kier molecular flexibility index (Phi) is 3.83. The average Bonchev–Trinajstić information content (AvgIpc) is 3.10. The van der Waals surface area contributed by atoms with Crippen molar-refractivity contribution >= 4 is 21.8 Å². The molecule has 5 rings (SSSR count). The number of aromatic amines is 1. The minimum Gasteiger partial charge on any atom is -0.494 e. The maximum absolute atomic E-state index is 13.8. The monoisotopic (exact) mass is 361 g/mol. The van der Waals surface area contributed by atoms with Crippen LogP contribution in [0.15, 0.2) is 42.5 Å². The summed E-state index contributed by atoms with van der Waals surface area (Å²) in [5.74, 6) is -0.0837. The van der Waals surface area contributed by atoms with E-state index >= 15 is 0 Å². The minimum absolute atomic E-state index is 0.264. The van der Waals surface area contributed by atoms with Crippen LogP contribution >= 0.6 is 0 Å². The Labute approximate surface area is 156 Å². The Hall–Kier alpha value is -2.92. The molecular weight excluding hydrogens is 341 g/mol. The van der Waals surface area contributed by atoms with Gasteiger partial charge in [-0.05, 0) is 42.3 Å². The Morgan fingerprint density at radius 2 is 2.07 bits per heavy atom. The predicted molar refractivity (Wildman–Crippen MR) is 105 cm³/mol. The average molecular weight is 361 g/mol. The van der Waals surface area contributed by atoms with E-state index in [1.807, 2.05) is 6.07 Å². The number of pyridine rings is 1. The fourth-order valence-corrected chi connectivity index (χ4v) is 4.07. The first kappa shape index (κ1) is 16.3. The molecule has 27 heavy (non-hydrogen) atoms. The summed E-state index contributed by atoms with van der Waals surface area (Å²) in [4.78, 5) is 8.55. The summed E-state index contributed by atoms with van der Waals surface area (Å²) in [6, 6.07) is 13.4. The van der Waals surface area contributed by atoms with Gasteiger partial charge >= 0.3 is 0 Å². The number of benzene rings is 2. The largest absolute Gasteiger partial charge is 0.494 e. The van der Waals surface area contributed by atoms with Gasteiger partial charge in [0.2, 0.25) is 0 Å². The normalized spacial score (nSPS) is 13.9. The summed E-state index contributed by atoms with van der Waals surface area (Å²) < 4.78 is 18.9. The number of halogens is 1. The van der Waals surface area contributed by atoms with Crippen LogP contribution in [0, 0.1) is 5.82 Å². The molecule has 5 heteroatoms. The summed E-state index contributed by atoms with van der Waals surface area (Å²) in [5.41, 5.74) is 6.62. The second-order valence-corrected chi connectivity index (χ2v) is 6.98. The van der Waals surface area contributed by atoms with Crippen LogP contribution in [0.25, 0.3) is 21.8 Å². The molecule has 0 unspecified atom stereocenters. The van der Waals surface area contributed by atoms with Gasteiger partial charge in [0, 0.05) is 29.3 Å². The third-order valence-corrected chi connectivity index (χ3v) is 5.35. The van der Waals surface area contributed by atoms with E-state index in [2.05, 4.69) is 28.5 Å². The topological polar surface area (TPSA) is 49.9 Å². The van der Waals surface area contributed by atoms with E-state index in [0.29, 0.717) is 6.42 Å². The highest BCUT2D eigenvalue weighted by molar-refractivity contribution is 6.10. The number of fused-ring (bicyclic) bond motifs is 5. The predicted octanol–water partition coefficient (Wildman–Crippen LogP) is 4.10. The van der Waals surface area contributed by atoms with Crippen LogP contribution in [0.4, 0.5) is 4.39 Å². The zero-order valence-corrected chi connectivity index (χ0v) is 15.1. The molecule has 0 atom stereocenters. The molecule has 2 aromatic heterocycles. The summed E-state index contributed by atoms with van der Waals surface area (Å²) in [7, 11) is 1.49. The molecule has 3 heterocycles. The maximum Gasteiger partial charge on any atom is 0.165 e. The molecule has 0 saturated carbocycles. The van der Waals surface area contributed by atoms with E-state index in [9.17, 15) is 4.39 Å². The van der Waals surface area contributed by atoms with Gasteiger partial charge in [-0.25, -0.2) is 4.39 Å². The van der Waals surface area contributed by atoms with E-state index in [1.165, 1.54) is 29.5 Å². The van der Waals surface area contributed by atoms with Crippen LogP contribution in [0.5, 0.6) is 5.75 Å². The summed E-state index contributed by atoms with van der Waals surface area (Å²) in [6.45, 7) is 1.75. The number of rotatable bonds is 3. The second-order valence-electron chi connectivity index (χ2n) is 6.98. The Morgan fingerprint density at radius 3 is 2.96 bits per heavy atom. The lowest BCUT2D eigenvalue weighted by molar-refractivity contribution is 0.386. The first-order valence-corrected chi connectivity index (χ1v) is 9.19. The van der Waals surface area contributed by atoms with Crippen LogP contribution in [0.2, 0.25) is 0 Å². The zero-order chi connectivity index (χ0) is 18.4. The summed E-state index contributed by atoms with van der Waals surface area (Å²) in [5, 5.41) is 5.94. The van der Waals surface area contributed by atoms with E-state index in [4.69, 9.17) is 9.72 Å². The summed E-state index contributed by atoms with van der Waals surface area (Å²) >= 11 is 0. The number of hydrogen-bond donors (Lipinski definition) is 2. The molecule has 2 aromatic carbocycles. The van der Waals surface area contributed by atoms with Crippen molar-refractivity contribution in [2.24, 2.45) is 0 Å². The van der Waals surface area contributed by atoms with E-state index in [-0.39, 0.29) is 11.6 Å². The highest BCUT2D eigenvalue weighted by Gasteiger charge is 2.20. The lowest BCUT2D eigenvalue weighted by atomic mass is 9.97. The molecule has 0 bridgehead atoms. The number of ether oxygens (including phenoxy) is 1. The third kappa shape index (κ3) is 2.66. The molecule has 1 aliphatic heterocycles. The van der Waals surface area contributed by atoms with Crippen molar-refractivity contribution in [3.8, 4) is 5.75 Å². The highest BCUT2D eigenvalue weighted by Crippen LogP contribution is 2.34. The van der Waals surface area contributed by atoms with Gasteiger partial charge in [-0.15, -0.1) is 0 Å². The van der Waals surface area contributed by atoms with Crippen molar-refractivity contribution < 1.29 is 9.13 Å². The van der Waals surface area contributed by atoms with Crippen LogP contribution < -0.4 is 10.1 Å². The third-order valence-electron chi connectivity index (χ3n) is 5.35. The first-order chi connectivity index (χ1) is 13.2. The van der Waals surface area contributed by atoms with Crippen molar-refractivity contribution in [1.82, 2.24) is 15.3 Å². The van der Waals surface area contributed by atoms with E-state index in [0.717, 1.165) is 47.5 Å². The number of hydrogen-bond acceptors (Lipinski definition) is 3. The van der Waals surface area contributed by atoms with Gasteiger partial charge in [0.05, 0.1) is 24.0 Å². The molecule has 0 radical (unpaired) electrons. The molecule has 4 nitrogen and oxygen atoms in total. The zero-order valence-electron chi connectivity index (χ0n) is 15.1. The number of aromatic nitrogens is 2. The Morgan fingerprint density at radius 1 is 1.19 bits per heavy atom. The lowest BCUT2D eigenvalue weighted by Gasteiger charge is -2.19. The molecule has 0 aliphatic carbocycles. The molecular formula is C22H20FN3O. The molecule has 0 saturated heterocycles. The molecule has 136 valence electrons. The van der Waals surface area contributed by atoms with Crippen molar-refractivity contribution in [3.63, 3.8) is 0 Å². The minimum atomic E-state index is -0.348. The van der Waals surface area contributed by atoms with Gasteiger partial charge in [-0.1, -0.05) is 24.3 Å². The number of nitrogens with zero attached hydrogens (tertiary/aromatic N) is 1. The second kappa shape index (κ2) is 6.35. The van der Waals surface area contributed by atoms with E-state index in [1.54, 1.807) is 12.1 Å². The van der Waals surface area contributed by atoms with Crippen LogP contribution in [-0.4, -0.2) is 23.6 Å². The number of H-pyrrole nitrogens is 1. The summed E-state index contributed by atoms with van der Waals surface area (Å²) in [6.07, 6.45) is 1.60. The SMILES string of the molecule is COc1cc(Cc2nc3c(c4c2[nH]c2ccccc24)CCNC3)ccc1F. The molecule has 0 spiro atoms. The molecule has 4 aromatic rings. The first-order valence-electron chi connectivity index (χ1n) is 9.19. The van der Waals surface area contributed by atoms with Gasteiger partial charge in [0.1, 0.15) is 0 Å². The fourth-order valence-electron chi connectivity index (χ4n) is 4.07. The van der Waals surface area contributed by atoms with Gasteiger partial charge in [-0.2, -0.15) is 0 Å². The van der Waals surface area contributed by atoms with E-state index < -0.39 is 0 Å². The van der Waals surface area contributed by atoms with Crippen molar-refractivity contribution in [3.05, 3.63) is 70.8 Å². The van der Waals surface area contributed by atoms with Gasteiger partial charge in [-0.3, -0.25) is 4.98 Å². The number of para-hydroxylation sites is 1. The molecule has 2 N–H and O–H groups in total. The van der Waals surface area contributed by atoms with Crippen LogP contribution in [0.3, 0.4) is 0 Å². The quantitative estimate of drug-likeness (QED) is 0.578. The highest BCUT2D eigenvalue weighted by atomic mass is 19.1. The van der Waals surface area contributed by atoms with Gasteiger partial charge in [0.25, 0.3) is 0 Å². The maximum atomic E-state index is 13.8. The smallest absolute Gasteiger partial charge is 0.165 e. The lowest BCUT2D eigenvalue weighted by Crippen LogP contribution is -2.25. The van der Waals surface area contributed by atoms with Crippen molar-refractivity contribution in [2.75, 3.05) is 13.7 Å². The van der Waals surface area contributed by atoms with Crippen molar-refractivity contribution in [1.29, 1.82) is 0 Å². The van der Waals surface area contributed by atoms with Crippen LogP contribution in [0.1, 0.15) is 22.5 Å². The van der Waals surface area contributed by atoms with Gasteiger partial charge < -0.3 is 15.0 Å². The number of nitrogens with one attached hydrogen (secondary N) is 2.